The average Bonchev–Trinajstić information content (AvgIpc) is 2.40. The van der Waals surface area contributed by atoms with E-state index in [1.807, 2.05) is 18.2 Å². The molecule has 2 nitrogen and oxygen atoms in total. The van der Waals surface area contributed by atoms with Crippen molar-refractivity contribution in [2.75, 3.05) is 25.5 Å². The van der Waals surface area contributed by atoms with Gasteiger partial charge in [0.1, 0.15) is 0 Å². The lowest BCUT2D eigenvalue weighted by Gasteiger charge is -2.23. The maximum atomic E-state index is 6.11. The fourth-order valence-electron chi connectivity index (χ4n) is 1.91. The number of hydrogen-bond acceptors (Lipinski definition) is 3. The summed E-state index contributed by atoms with van der Waals surface area (Å²) in [6.07, 6.45) is 2.23. The van der Waals surface area contributed by atoms with E-state index in [0.717, 1.165) is 53.3 Å². The van der Waals surface area contributed by atoms with Crippen molar-refractivity contribution in [3.63, 3.8) is 0 Å². The topological polar surface area (TPSA) is 21.3 Å². The first-order valence-corrected chi connectivity index (χ1v) is 7.89. The van der Waals surface area contributed by atoms with Gasteiger partial charge in [0.15, 0.2) is 0 Å². The number of halogens is 2. The Morgan fingerprint density at radius 2 is 2.06 bits per heavy atom. The molecule has 0 spiro atoms. The fraction of sp³-hybridized carbons (Fsp3) is 0.538. The van der Waals surface area contributed by atoms with Gasteiger partial charge in [-0.05, 0) is 31.0 Å². The van der Waals surface area contributed by atoms with Gasteiger partial charge in [-0.2, -0.15) is 0 Å². The molecular weight excluding hydrogens is 289 g/mol. The van der Waals surface area contributed by atoms with Crippen molar-refractivity contribution in [1.82, 2.24) is 5.32 Å². The van der Waals surface area contributed by atoms with Crippen LogP contribution in [0.25, 0.3) is 0 Å². The quantitative estimate of drug-likeness (QED) is 0.659. The molecule has 1 N–H and O–H groups in total. The van der Waals surface area contributed by atoms with Crippen molar-refractivity contribution in [3.8, 4) is 0 Å². The summed E-state index contributed by atoms with van der Waals surface area (Å²) in [6.45, 7) is 2.74. The van der Waals surface area contributed by atoms with Crippen molar-refractivity contribution in [3.05, 3.63) is 28.2 Å². The molecule has 1 aromatic carbocycles. The van der Waals surface area contributed by atoms with Crippen LogP contribution < -0.4 is 5.32 Å². The first-order valence-electron chi connectivity index (χ1n) is 6.14. The molecule has 0 bridgehead atoms. The summed E-state index contributed by atoms with van der Waals surface area (Å²) in [5.74, 6) is 0.997. The molecule has 0 amide bonds. The van der Waals surface area contributed by atoms with Crippen LogP contribution in [-0.2, 0) is 4.74 Å². The summed E-state index contributed by atoms with van der Waals surface area (Å²) in [5, 5.41) is 5.06. The SMILES string of the molecule is Clc1ccc(Cl)c(SCCNC2CCOCC2)c1. The Morgan fingerprint density at radius 3 is 2.83 bits per heavy atom. The van der Waals surface area contributed by atoms with E-state index >= 15 is 0 Å². The molecule has 5 heteroatoms. The van der Waals surface area contributed by atoms with Gasteiger partial charge in [-0.3, -0.25) is 0 Å². The largest absolute Gasteiger partial charge is 0.381 e. The molecule has 0 atom stereocenters. The predicted molar refractivity (Wildman–Crippen MR) is 79.0 cm³/mol. The highest BCUT2D eigenvalue weighted by molar-refractivity contribution is 7.99. The number of hydrogen-bond donors (Lipinski definition) is 1. The maximum absolute atomic E-state index is 6.11. The summed E-state index contributed by atoms with van der Waals surface area (Å²) in [6, 6.07) is 6.18. The molecular formula is C13H17Cl2NOS. The van der Waals surface area contributed by atoms with Crippen molar-refractivity contribution < 1.29 is 4.74 Å². The molecule has 1 saturated heterocycles. The van der Waals surface area contributed by atoms with Crippen molar-refractivity contribution in [2.45, 2.75) is 23.8 Å². The average molecular weight is 306 g/mol. The van der Waals surface area contributed by atoms with Crippen LogP contribution in [0.4, 0.5) is 0 Å². The second-order valence-electron chi connectivity index (χ2n) is 4.26. The predicted octanol–water partition coefficient (Wildman–Crippen LogP) is 3.85. The van der Waals surface area contributed by atoms with Crippen LogP contribution in [0.5, 0.6) is 0 Å². The molecule has 0 saturated carbocycles. The van der Waals surface area contributed by atoms with Crippen molar-refractivity contribution >= 4 is 35.0 Å². The highest BCUT2D eigenvalue weighted by Crippen LogP contribution is 2.29. The second-order valence-corrected chi connectivity index (χ2v) is 6.24. The van der Waals surface area contributed by atoms with E-state index in [-0.39, 0.29) is 0 Å². The van der Waals surface area contributed by atoms with Crippen LogP contribution in [0.3, 0.4) is 0 Å². The third-order valence-electron chi connectivity index (χ3n) is 2.91. The van der Waals surface area contributed by atoms with Gasteiger partial charge in [-0.1, -0.05) is 23.2 Å². The highest BCUT2D eigenvalue weighted by Gasteiger charge is 2.12. The van der Waals surface area contributed by atoms with E-state index in [9.17, 15) is 0 Å². The normalized spacial score (nSPS) is 17.0. The van der Waals surface area contributed by atoms with Gasteiger partial charge in [0, 0.05) is 41.5 Å². The Hall–Kier alpha value is 0.0700. The fourth-order valence-corrected chi connectivity index (χ4v) is 3.29. The minimum Gasteiger partial charge on any atom is -0.381 e. The summed E-state index contributed by atoms with van der Waals surface area (Å²) in [4.78, 5) is 1.05. The monoisotopic (exact) mass is 305 g/mol. The molecule has 1 aliphatic heterocycles. The van der Waals surface area contributed by atoms with E-state index in [1.165, 1.54) is 0 Å². The molecule has 0 aliphatic carbocycles. The van der Waals surface area contributed by atoms with E-state index in [2.05, 4.69) is 5.32 Å². The van der Waals surface area contributed by atoms with E-state index in [4.69, 9.17) is 27.9 Å². The molecule has 1 aliphatic rings. The molecule has 1 fully saturated rings. The van der Waals surface area contributed by atoms with Gasteiger partial charge < -0.3 is 10.1 Å². The van der Waals surface area contributed by atoms with Crippen LogP contribution in [0.1, 0.15) is 12.8 Å². The Kier molecular flexibility index (Phi) is 6.12. The standard InChI is InChI=1S/C13H17Cl2NOS/c14-10-1-2-12(15)13(9-10)18-8-5-16-11-3-6-17-7-4-11/h1-2,9,11,16H,3-8H2. The number of rotatable bonds is 5. The molecule has 0 aromatic heterocycles. The van der Waals surface area contributed by atoms with Crippen molar-refractivity contribution in [1.29, 1.82) is 0 Å². The Bertz CT molecular complexity index is 383. The number of thioether (sulfide) groups is 1. The zero-order valence-corrected chi connectivity index (χ0v) is 12.5. The zero-order chi connectivity index (χ0) is 12.8. The van der Waals surface area contributed by atoms with Crippen LogP contribution in [-0.4, -0.2) is 31.6 Å². The van der Waals surface area contributed by atoms with Gasteiger partial charge in [0.25, 0.3) is 0 Å². The molecule has 0 radical (unpaired) electrons. The highest BCUT2D eigenvalue weighted by atomic mass is 35.5. The summed E-state index contributed by atoms with van der Waals surface area (Å²) in [7, 11) is 0. The van der Waals surface area contributed by atoms with Crippen LogP contribution in [0.15, 0.2) is 23.1 Å². The van der Waals surface area contributed by atoms with Gasteiger partial charge >= 0.3 is 0 Å². The lowest BCUT2D eigenvalue weighted by atomic mass is 10.1. The minimum absolute atomic E-state index is 0.606. The van der Waals surface area contributed by atoms with Gasteiger partial charge in [-0.15, -0.1) is 11.8 Å². The number of ether oxygens (including phenoxy) is 1. The lowest BCUT2D eigenvalue weighted by Crippen LogP contribution is -2.35. The molecule has 100 valence electrons. The van der Waals surface area contributed by atoms with E-state index in [1.54, 1.807) is 11.8 Å². The van der Waals surface area contributed by atoms with Gasteiger partial charge in [0.2, 0.25) is 0 Å². The minimum atomic E-state index is 0.606. The third kappa shape index (κ3) is 4.63. The third-order valence-corrected chi connectivity index (χ3v) is 4.64. The van der Waals surface area contributed by atoms with Crippen LogP contribution >= 0.6 is 35.0 Å². The Balaban J connectivity index is 1.69. The molecule has 0 unspecified atom stereocenters. The summed E-state index contributed by atoms with van der Waals surface area (Å²) < 4.78 is 5.33. The van der Waals surface area contributed by atoms with Crippen LogP contribution in [0.2, 0.25) is 10.0 Å². The molecule has 18 heavy (non-hydrogen) atoms. The lowest BCUT2D eigenvalue weighted by molar-refractivity contribution is 0.0786. The summed E-state index contributed by atoms with van der Waals surface area (Å²) >= 11 is 13.8. The Labute approximate surface area is 122 Å². The zero-order valence-electron chi connectivity index (χ0n) is 10.1. The number of benzene rings is 1. The first kappa shape index (κ1) is 14.5. The second kappa shape index (κ2) is 7.61. The summed E-state index contributed by atoms with van der Waals surface area (Å²) in [5.41, 5.74) is 0. The van der Waals surface area contributed by atoms with E-state index < -0.39 is 0 Å². The molecule has 1 aromatic rings. The Morgan fingerprint density at radius 1 is 1.28 bits per heavy atom. The van der Waals surface area contributed by atoms with Crippen molar-refractivity contribution in [2.24, 2.45) is 0 Å². The van der Waals surface area contributed by atoms with Gasteiger partial charge in [-0.25, -0.2) is 0 Å². The maximum Gasteiger partial charge on any atom is 0.0542 e. The van der Waals surface area contributed by atoms with E-state index in [0.29, 0.717) is 6.04 Å². The van der Waals surface area contributed by atoms with Crippen LogP contribution in [0, 0.1) is 0 Å². The van der Waals surface area contributed by atoms with Gasteiger partial charge in [0.05, 0.1) is 5.02 Å². The smallest absolute Gasteiger partial charge is 0.0542 e. The first-order chi connectivity index (χ1) is 8.75. The number of nitrogens with one attached hydrogen (secondary N) is 1. The molecule has 1 heterocycles. The molecule has 2 rings (SSSR count).